The van der Waals surface area contributed by atoms with Crippen molar-refractivity contribution in [3.05, 3.63) is 47.8 Å². The summed E-state index contributed by atoms with van der Waals surface area (Å²) in [6, 6.07) is 6.25. The number of H-pyrrole nitrogens is 1. The second kappa shape index (κ2) is 5.90. The maximum absolute atomic E-state index is 13.3. The number of aromatic nitrogens is 3. The molecule has 1 heterocycles. The maximum atomic E-state index is 13.3. The van der Waals surface area contributed by atoms with E-state index in [4.69, 9.17) is 0 Å². The molecular weight excluding hydrogens is 235 g/mol. The lowest BCUT2D eigenvalue weighted by molar-refractivity contribution is -0.120. The molecule has 6 heteroatoms. The van der Waals surface area contributed by atoms with Crippen LogP contribution in [0.4, 0.5) is 4.39 Å². The number of halogens is 1. The average Bonchev–Trinajstić information content (AvgIpc) is 2.85. The number of hydrogen-bond donors (Lipinski definition) is 2. The van der Waals surface area contributed by atoms with Crippen LogP contribution in [0.2, 0.25) is 0 Å². The van der Waals surface area contributed by atoms with Gasteiger partial charge in [-0.1, -0.05) is 18.2 Å². The van der Waals surface area contributed by atoms with Gasteiger partial charge in [0, 0.05) is 13.0 Å². The lowest BCUT2D eigenvalue weighted by atomic mass is 10.1. The third kappa shape index (κ3) is 3.38. The van der Waals surface area contributed by atoms with E-state index < -0.39 is 0 Å². The zero-order valence-electron chi connectivity index (χ0n) is 9.69. The van der Waals surface area contributed by atoms with Gasteiger partial charge < -0.3 is 5.32 Å². The van der Waals surface area contributed by atoms with Gasteiger partial charge in [-0.3, -0.25) is 9.89 Å². The Balaban J connectivity index is 1.77. The summed E-state index contributed by atoms with van der Waals surface area (Å²) >= 11 is 0. The van der Waals surface area contributed by atoms with Crippen LogP contribution < -0.4 is 5.32 Å². The Kier molecular flexibility index (Phi) is 4.01. The second-order valence-electron chi connectivity index (χ2n) is 3.80. The van der Waals surface area contributed by atoms with Gasteiger partial charge in [0.2, 0.25) is 5.91 Å². The van der Waals surface area contributed by atoms with Crippen molar-refractivity contribution in [2.75, 3.05) is 6.54 Å². The third-order valence-electron chi connectivity index (χ3n) is 2.46. The lowest BCUT2D eigenvalue weighted by Gasteiger charge is -2.04. The molecule has 0 radical (unpaired) electrons. The van der Waals surface area contributed by atoms with Crippen LogP contribution in [0.15, 0.2) is 30.6 Å². The molecule has 5 nitrogen and oxygen atoms in total. The molecule has 2 aromatic rings. The van der Waals surface area contributed by atoms with Crippen LogP contribution in [-0.4, -0.2) is 27.6 Å². The summed E-state index contributed by atoms with van der Waals surface area (Å²) in [6.07, 6.45) is 2.03. The normalized spacial score (nSPS) is 10.3. The molecule has 0 aliphatic carbocycles. The molecule has 18 heavy (non-hydrogen) atoms. The summed E-state index contributed by atoms with van der Waals surface area (Å²) in [5.74, 6) is 0.142. The van der Waals surface area contributed by atoms with E-state index in [1.165, 1.54) is 12.4 Å². The number of amides is 1. The molecular formula is C12H13FN4O. The van der Waals surface area contributed by atoms with Gasteiger partial charge in [-0.05, 0) is 11.6 Å². The Bertz CT molecular complexity index is 513. The number of hydrogen-bond acceptors (Lipinski definition) is 3. The summed E-state index contributed by atoms with van der Waals surface area (Å²) in [5, 5.41) is 9.10. The first-order valence-electron chi connectivity index (χ1n) is 5.60. The molecule has 0 saturated heterocycles. The van der Waals surface area contributed by atoms with Crippen LogP contribution in [-0.2, 0) is 17.6 Å². The van der Waals surface area contributed by atoms with Crippen molar-refractivity contribution in [1.29, 1.82) is 0 Å². The maximum Gasteiger partial charge on any atom is 0.224 e. The van der Waals surface area contributed by atoms with Crippen LogP contribution in [0, 0.1) is 5.82 Å². The SMILES string of the molecule is O=C(Cc1ccccc1F)NCCc1ncn[nH]1. The molecule has 0 bridgehead atoms. The van der Waals surface area contributed by atoms with Crippen LogP contribution >= 0.6 is 0 Å². The van der Waals surface area contributed by atoms with Gasteiger partial charge in [-0.15, -0.1) is 0 Å². The van der Waals surface area contributed by atoms with Crippen molar-refractivity contribution < 1.29 is 9.18 Å². The highest BCUT2D eigenvalue weighted by atomic mass is 19.1. The molecule has 1 amide bonds. The molecule has 0 saturated carbocycles. The van der Waals surface area contributed by atoms with Gasteiger partial charge in [0.1, 0.15) is 18.0 Å². The molecule has 0 aliphatic rings. The molecule has 1 aromatic carbocycles. The smallest absolute Gasteiger partial charge is 0.224 e. The summed E-state index contributed by atoms with van der Waals surface area (Å²) in [7, 11) is 0. The summed E-state index contributed by atoms with van der Waals surface area (Å²) in [6.45, 7) is 0.447. The van der Waals surface area contributed by atoms with E-state index >= 15 is 0 Å². The fourth-order valence-electron chi connectivity index (χ4n) is 1.55. The molecule has 2 rings (SSSR count). The van der Waals surface area contributed by atoms with Gasteiger partial charge in [-0.2, -0.15) is 5.10 Å². The quantitative estimate of drug-likeness (QED) is 0.824. The highest BCUT2D eigenvalue weighted by molar-refractivity contribution is 5.78. The van der Waals surface area contributed by atoms with Crippen molar-refractivity contribution in [3.8, 4) is 0 Å². The highest BCUT2D eigenvalue weighted by Crippen LogP contribution is 2.06. The third-order valence-corrected chi connectivity index (χ3v) is 2.46. The van der Waals surface area contributed by atoms with E-state index in [9.17, 15) is 9.18 Å². The zero-order chi connectivity index (χ0) is 12.8. The van der Waals surface area contributed by atoms with E-state index in [2.05, 4.69) is 20.5 Å². The predicted molar refractivity (Wildman–Crippen MR) is 63.2 cm³/mol. The number of nitrogens with one attached hydrogen (secondary N) is 2. The van der Waals surface area contributed by atoms with Crippen LogP contribution in [0.3, 0.4) is 0 Å². The van der Waals surface area contributed by atoms with Crippen LogP contribution in [0.1, 0.15) is 11.4 Å². The zero-order valence-corrected chi connectivity index (χ0v) is 9.69. The van der Waals surface area contributed by atoms with Gasteiger partial charge in [0.25, 0.3) is 0 Å². The fourth-order valence-corrected chi connectivity index (χ4v) is 1.55. The molecule has 0 spiro atoms. The Hall–Kier alpha value is -2.24. The number of carbonyl (C=O) groups excluding carboxylic acids is 1. The van der Waals surface area contributed by atoms with Crippen molar-refractivity contribution >= 4 is 5.91 Å². The van der Waals surface area contributed by atoms with Crippen molar-refractivity contribution in [1.82, 2.24) is 20.5 Å². The number of carbonyl (C=O) groups is 1. The Labute approximate surface area is 103 Å². The van der Waals surface area contributed by atoms with Crippen LogP contribution in [0.25, 0.3) is 0 Å². The first-order chi connectivity index (χ1) is 8.75. The van der Waals surface area contributed by atoms with Gasteiger partial charge >= 0.3 is 0 Å². The minimum absolute atomic E-state index is 0.0447. The predicted octanol–water partition coefficient (Wildman–Crippen LogP) is 0.845. The molecule has 0 fully saturated rings. The number of nitrogens with zero attached hydrogens (tertiary/aromatic N) is 2. The monoisotopic (exact) mass is 248 g/mol. The van der Waals surface area contributed by atoms with Gasteiger partial charge in [-0.25, -0.2) is 9.37 Å². The Morgan fingerprint density at radius 2 is 2.22 bits per heavy atom. The van der Waals surface area contributed by atoms with Gasteiger partial charge in [0.15, 0.2) is 0 Å². The summed E-state index contributed by atoms with van der Waals surface area (Å²) in [4.78, 5) is 15.5. The molecule has 1 aromatic heterocycles. The van der Waals surface area contributed by atoms with Crippen molar-refractivity contribution in [3.63, 3.8) is 0 Å². The number of rotatable bonds is 5. The Morgan fingerprint density at radius 1 is 1.39 bits per heavy atom. The van der Waals surface area contributed by atoms with E-state index in [0.717, 1.165) is 0 Å². The van der Waals surface area contributed by atoms with Crippen molar-refractivity contribution in [2.24, 2.45) is 0 Å². The van der Waals surface area contributed by atoms with E-state index in [-0.39, 0.29) is 18.1 Å². The van der Waals surface area contributed by atoms with Gasteiger partial charge in [0.05, 0.1) is 6.42 Å². The van der Waals surface area contributed by atoms with E-state index in [1.54, 1.807) is 18.2 Å². The summed E-state index contributed by atoms with van der Waals surface area (Å²) < 4.78 is 13.3. The standard InChI is InChI=1S/C12H13FN4O/c13-10-4-2-1-3-9(10)7-12(18)14-6-5-11-15-8-16-17-11/h1-4,8H,5-7H2,(H,14,18)(H,15,16,17). The Morgan fingerprint density at radius 3 is 2.94 bits per heavy atom. The highest BCUT2D eigenvalue weighted by Gasteiger charge is 2.07. The lowest BCUT2D eigenvalue weighted by Crippen LogP contribution is -2.27. The van der Waals surface area contributed by atoms with Crippen molar-refractivity contribution in [2.45, 2.75) is 12.8 Å². The van der Waals surface area contributed by atoms with E-state index in [1.807, 2.05) is 0 Å². The second-order valence-corrected chi connectivity index (χ2v) is 3.80. The molecule has 0 aliphatic heterocycles. The topological polar surface area (TPSA) is 70.7 Å². The summed E-state index contributed by atoms with van der Waals surface area (Å²) in [5.41, 5.74) is 0.398. The minimum Gasteiger partial charge on any atom is -0.355 e. The average molecular weight is 248 g/mol. The largest absolute Gasteiger partial charge is 0.355 e. The first kappa shape index (κ1) is 12.2. The molecule has 2 N–H and O–H groups in total. The first-order valence-corrected chi connectivity index (χ1v) is 5.60. The molecule has 94 valence electrons. The molecule has 0 unspecified atom stereocenters. The van der Waals surface area contributed by atoms with Crippen LogP contribution in [0.5, 0.6) is 0 Å². The number of aromatic amines is 1. The van der Waals surface area contributed by atoms with E-state index in [0.29, 0.717) is 24.4 Å². The number of benzene rings is 1. The fraction of sp³-hybridized carbons (Fsp3) is 0.250. The minimum atomic E-state index is -0.358. The molecule has 0 atom stereocenters.